The molecular weight excluding hydrogens is 122 g/mol. The maximum Gasteiger partial charge on any atom is 0.0655 e. The Hall–Kier alpha value is -0.510. The lowest BCUT2D eigenvalue weighted by molar-refractivity contribution is 0.304. The maximum atomic E-state index is 8.64. The number of hydrogen-bond donors (Lipinski definition) is 0. The highest BCUT2D eigenvalue weighted by atomic mass is 14.3. The summed E-state index contributed by atoms with van der Waals surface area (Å²) in [4.78, 5) is 0. The van der Waals surface area contributed by atoms with Crippen molar-refractivity contribution in [3.05, 3.63) is 0 Å². The van der Waals surface area contributed by atoms with Crippen LogP contribution in [0.5, 0.6) is 0 Å². The van der Waals surface area contributed by atoms with Crippen molar-refractivity contribution in [2.45, 2.75) is 39.0 Å². The third-order valence-corrected chi connectivity index (χ3v) is 2.56. The quantitative estimate of drug-likeness (QED) is 0.545. The average molecular weight is 137 g/mol. The molecule has 1 saturated carbocycles. The summed E-state index contributed by atoms with van der Waals surface area (Å²) in [6.07, 6.45) is 6.64. The molecular formula is C9H15N. The summed E-state index contributed by atoms with van der Waals surface area (Å²) in [6, 6.07) is 2.33. The molecule has 0 saturated heterocycles. The highest BCUT2D eigenvalue weighted by Crippen LogP contribution is 2.29. The SMILES string of the molecule is C[C@H](C#N)C1CCCCC1. The van der Waals surface area contributed by atoms with Crippen LogP contribution in [0.2, 0.25) is 0 Å². The second-order valence-corrected chi connectivity index (χ2v) is 3.32. The third kappa shape index (κ3) is 1.73. The second kappa shape index (κ2) is 3.61. The van der Waals surface area contributed by atoms with Crippen LogP contribution in [0, 0.1) is 23.2 Å². The zero-order valence-corrected chi connectivity index (χ0v) is 6.64. The van der Waals surface area contributed by atoms with Gasteiger partial charge in [0, 0.05) is 5.92 Å². The van der Waals surface area contributed by atoms with Gasteiger partial charge in [-0.3, -0.25) is 0 Å². The highest BCUT2D eigenvalue weighted by molar-refractivity contribution is 4.85. The first-order chi connectivity index (χ1) is 4.84. The lowest BCUT2D eigenvalue weighted by Gasteiger charge is -2.22. The van der Waals surface area contributed by atoms with Crippen LogP contribution in [-0.2, 0) is 0 Å². The minimum absolute atomic E-state index is 0.292. The van der Waals surface area contributed by atoms with Crippen LogP contribution in [0.4, 0.5) is 0 Å². The Bertz CT molecular complexity index is 128. The normalized spacial score (nSPS) is 23.6. The lowest BCUT2D eigenvalue weighted by atomic mass is 9.82. The van der Waals surface area contributed by atoms with Gasteiger partial charge in [-0.15, -0.1) is 0 Å². The molecule has 0 bridgehead atoms. The molecule has 0 spiro atoms. The summed E-state index contributed by atoms with van der Waals surface area (Å²) < 4.78 is 0. The minimum Gasteiger partial charge on any atom is -0.198 e. The van der Waals surface area contributed by atoms with E-state index in [1.165, 1.54) is 32.1 Å². The standard InChI is InChI=1S/C9H15N/c1-8(7-10)9-5-3-2-4-6-9/h8-9H,2-6H2,1H3/t8-/m1/s1. The van der Waals surface area contributed by atoms with Crippen molar-refractivity contribution in [3.8, 4) is 6.07 Å². The van der Waals surface area contributed by atoms with E-state index < -0.39 is 0 Å². The Morgan fingerprint density at radius 1 is 1.30 bits per heavy atom. The largest absolute Gasteiger partial charge is 0.198 e. The fourth-order valence-corrected chi connectivity index (χ4v) is 1.74. The van der Waals surface area contributed by atoms with E-state index in [-0.39, 0.29) is 0 Å². The molecule has 0 N–H and O–H groups in total. The van der Waals surface area contributed by atoms with E-state index in [4.69, 9.17) is 5.26 Å². The van der Waals surface area contributed by atoms with E-state index in [1.54, 1.807) is 0 Å². The van der Waals surface area contributed by atoms with Gasteiger partial charge < -0.3 is 0 Å². The Balaban J connectivity index is 2.33. The molecule has 1 fully saturated rings. The molecule has 0 unspecified atom stereocenters. The van der Waals surface area contributed by atoms with Crippen LogP contribution >= 0.6 is 0 Å². The van der Waals surface area contributed by atoms with Gasteiger partial charge in [0.1, 0.15) is 0 Å². The molecule has 0 radical (unpaired) electrons. The maximum absolute atomic E-state index is 8.64. The number of nitrogens with zero attached hydrogens (tertiary/aromatic N) is 1. The first kappa shape index (κ1) is 7.60. The van der Waals surface area contributed by atoms with Crippen LogP contribution in [0.25, 0.3) is 0 Å². The topological polar surface area (TPSA) is 23.8 Å². The van der Waals surface area contributed by atoms with Gasteiger partial charge in [0.2, 0.25) is 0 Å². The molecule has 1 nitrogen and oxygen atoms in total. The summed E-state index contributed by atoms with van der Waals surface area (Å²) in [6.45, 7) is 2.05. The van der Waals surface area contributed by atoms with Crippen molar-refractivity contribution >= 4 is 0 Å². The zero-order valence-electron chi connectivity index (χ0n) is 6.64. The summed E-state index contributed by atoms with van der Waals surface area (Å²) in [5.41, 5.74) is 0. The summed E-state index contributed by atoms with van der Waals surface area (Å²) in [5, 5.41) is 8.64. The van der Waals surface area contributed by atoms with Crippen molar-refractivity contribution < 1.29 is 0 Å². The van der Waals surface area contributed by atoms with Gasteiger partial charge in [-0.2, -0.15) is 5.26 Å². The fraction of sp³-hybridized carbons (Fsp3) is 0.889. The van der Waals surface area contributed by atoms with Crippen molar-refractivity contribution in [1.82, 2.24) is 0 Å². The molecule has 0 aliphatic heterocycles. The molecule has 0 aromatic heterocycles. The van der Waals surface area contributed by atoms with E-state index in [9.17, 15) is 0 Å². The molecule has 0 aromatic rings. The van der Waals surface area contributed by atoms with E-state index in [1.807, 2.05) is 0 Å². The van der Waals surface area contributed by atoms with Gasteiger partial charge in [0.05, 0.1) is 6.07 Å². The Morgan fingerprint density at radius 3 is 2.40 bits per heavy atom. The molecule has 0 amide bonds. The predicted octanol–water partition coefficient (Wildman–Crippen LogP) is 2.73. The third-order valence-electron chi connectivity index (χ3n) is 2.56. The van der Waals surface area contributed by atoms with Crippen LogP contribution in [0.1, 0.15) is 39.0 Å². The molecule has 0 heterocycles. The van der Waals surface area contributed by atoms with E-state index in [0.717, 1.165) is 0 Å². The number of hydrogen-bond acceptors (Lipinski definition) is 1. The monoisotopic (exact) mass is 137 g/mol. The molecule has 1 atom stereocenters. The summed E-state index contributed by atoms with van der Waals surface area (Å²) in [7, 11) is 0. The molecule has 10 heavy (non-hydrogen) atoms. The van der Waals surface area contributed by atoms with Gasteiger partial charge in [-0.1, -0.05) is 19.3 Å². The van der Waals surface area contributed by atoms with E-state index in [0.29, 0.717) is 11.8 Å². The number of nitriles is 1. The minimum atomic E-state index is 0.292. The van der Waals surface area contributed by atoms with Gasteiger partial charge in [0.15, 0.2) is 0 Å². The van der Waals surface area contributed by atoms with Gasteiger partial charge in [-0.25, -0.2) is 0 Å². The van der Waals surface area contributed by atoms with E-state index in [2.05, 4.69) is 13.0 Å². The first-order valence-electron chi connectivity index (χ1n) is 4.24. The van der Waals surface area contributed by atoms with Crippen molar-refractivity contribution in [3.63, 3.8) is 0 Å². The smallest absolute Gasteiger partial charge is 0.0655 e. The van der Waals surface area contributed by atoms with E-state index >= 15 is 0 Å². The van der Waals surface area contributed by atoms with Crippen LogP contribution in [0.3, 0.4) is 0 Å². The van der Waals surface area contributed by atoms with Gasteiger partial charge in [0.25, 0.3) is 0 Å². The second-order valence-electron chi connectivity index (χ2n) is 3.32. The molecule has 0 aromatic carbocycles. The Morgan fingerprint density at radius 2 is 1.90 bits per heavy atom. The zero-order chi connectivity index (χ0) is 7.40. The average Bonchev–Trinajstić information content (AvgIpc) is 2.05. The van der Waals surface area contributed by atoms with Crippen molar-refractivity contribution in [2.24, 2.45) is 11.8 Å². The molecule has 1 aliphatic carbocycles. The van der Waals surface area contributed by atoms with Crippen LogP contribution in [-0.4, -0.2) is 0 Å². The predicted molar refractivity (Wildman–Crippen MR) is 41.4 cm³/mol. The van der Waals surface area contributed by atoms with Gasteiger partial charge in [-0.05, 0) is 25.7 Å². The van der Waals surface area contributed by atoms with Gasteiger partial charge >= 0.3 is 0 Å². The Labute approximate surface area is 63.0 Å². The van der Waals surface area contributed by atoms with Crippen LogP contribution in [0.15, 0.2) is 0 Å². The molecule has 1 heteroatoms. The highest BCUT2D eigenvalue weighted by Gasteiger charge is 2.18. The fourth-order valence-electron chi connectivity index (χ4n) is 1.74. The molecule has 1 aliphatic rings. The molecule has 56 valence electrons. The summed E-state index contributed by atoms with van der Waals surface area (Å²) in [5.74, 6) is 0.999. The molecule has 1 rings (SSSR count). The summed E-state index contributed by atoms with van der Waals surface area (Å²) >= 11 is 0. The van der Waals surface area contributed by atoms with Crippen molar-refractivity contribution in [2.75, 3.05) is 0 Å². The Kier molecular flexibility index (Phi) is 2.74. The van der Waals surface area contributed by atoms with Crippen LogP contribution < -0.4 is 0 Å². The van der Waals surface area contributed by atoms with Crippen molar-refractivity contribution in [1.29, 1.82) is 5.26 Å². The number of rotatable bonds is 1. The first-order valence-corrected chi connectivity index (χ1v) is 4.24. The lowest BCUT2D eigenvalue weighted by Crippen LogP contribution is -2.13.